The van der Waals surface area contributed by atoms with Crippen molar-refractivity contribution in [1.29, 1.82) is 0 Å². The molecule has 27 heavy (non-hydrogen) atoms. The van der Waals surface area contributed by atoms with Crippen LogP contribution in [-0.2, 0) is 11.2 Å². The number of fused-ring (bicyclic) bond motifs is 1. The Morgan fingerprint density at radius 2 is 2.19 bits per heavy atom. The molecule has 2 aromatic heterocycles. The van der Waals surface area contributed by atoms with Gasteiger partial charge in [-0.05, 0) is 35.8 Å². The van der Waals surface area contributed by atoms with Gasteiger partial charge in [0.2, 0.25) is 5.95 Å². The molecule has 1 aliphatic carbocycles. The van der Waals surface area contributed by atoms with Gasteiger partial charge in [-0.15, -0.1) is 11.3 Å². The Balaban J connectivity index is 1.54. The molecule has 144 valence electrons. The van der Waals surface area contributed by atoms with Crippen LogP contribution >= 0.6 is 11.3 Å². The van der Waals surface area contributed by atoms with E-state index in [2.05, 4.69) is 34.4 Å². The van der Waals surface area contributed by atoms with E-state index in [-0.39, 0.29) is 17.5 Å². The molecular weight excluding hydrogens is 362 g/mol. The van der Waals surface area contributed by atoms with Crippen LogP contribution in [-0.4, -0.2) is 42.3 Å². The van der Waals surface area contributed by atoms with E-state index in [4.69, 9.17) is 9.72 Å². The molecule has 0 aromatic carbocycles. The number of rotatable bonds is 3. The summed E-state index contributed by atoms with van der Waals surface area (Å²) < 4.78 is 5.42. The van der Waals surface area contributed by atoms with Crippen molar-refractivity contribution < 1.29 is 9.53 Å². The summed E-state index contributed by atoms with van der Waals surface area (Å²) in [5, 5.41) is 8.78. The summed E-state index contributed by atoms with van der Waals surface area (Å²) in [5.41, 5.74) is 2.11. The number of urea groups is 1. The summed E-state index contributed by atoms with van der Waals surface area (Å²) in [7, 11) is 0. The number of amides is 2. The minimum absolute atomic E-state index is 0.0600. The van der Waals surface area contributed by atoms with Crippen LogP contribution in [0.25, 0.3) is 0 Å². The maximum atomic E-state index is 12.4. The van der Waals surface area contributed by atoms with Gasteiger partial charge >= 0.3 is 6.03 Å². The first kappa shape index (κ1) is 18.2. The van der Waals surface area contributed by atoms with Crippen LogP contribution in [0.3, 0.4) is 0 Å². The van der Waals surface area contributed by atoms with Crippen molar-refractivity contribution in [2.45, 2.75) is 32.7 Å². The summed E-state index contributed by atoms with van der Waals surface area (Å²) in [4.78, 5) is 24.0. The maximum Gasteiger partial charge on any atom is 0.320 e. The summed E-state index contributed by atoms with van der Waals surface area (Å²) in [5.74, 6) is 0.761. The highest BCUT2D eigenvalue weighted by molar-refractivity contribution is 7.14. The van der Waals surface area contributed by atoms with E-state index in [0.717, 1.165) is 48.1 Å². The minimum Gasteiger partial charge on any atom is -0.378 e. The van der Waals surface area contributed by atoms with Crippen LogP contribution in [0.2, 0.25) is 0 Å². The summed E-state index contributed by atoms with van der Waals surface area (Å²) in [6, 6.07) is 3.52. The van der Waals surface area contributed by atoms with E-state index in [1.165, 1.54) is 11.3 Å². The quantitative estimate of drug-likeness (QED) is 0.845. The van der Waals surface area contributed by atoms with Gasteiger partial charge in [-0.1, -0.05) is 13.8 Å². The third-order valence-corrected chi connectivity index (χ3v) is 5.81. The number of nitrogens with zero attached hydrogens (tertiary/aromatic N) is 3. The number of aromatic nitrogens is 2. The van der Waals surface area contributed by atoms with Crippen LogP contribution in [0.5, 0.6) is 0 Å². The number of carbonyl (C=O) groups is 1. The lowest BCUT2D eigenvalue weighted by Gasteiger charge is -2.37. The van der Waals surface area contributed by atoms with Gasteiger partial charge in [-0.25, -0.2) is 14.8 Å². The molecule has 1 saturated heterocycles. The molecule has 3 heterocycles. The highest BCUT2D eigenvalue weighted by Crippen LogP contribution is 2.40. The summed E-state index contributed by atoms with van der Waals surface area (Å²) in [6.45, 7) is 7.48. The second-order valence-corrected chi connectivity index (χ2v) is 8.79. The van der Waals surface area contributed by atoms with E-state index in [1.54, 1.807) is 0 Å². The number of nitrogens with one attached hydrogen (secondary N) is 2. The van der Waals surface area contributed by atoms with Crippen molar-refractivity contribution in [3.05, 3.63) is 35.0 Å². The molecule has 0 bridgehead atoms. The number of hydrogen-bond acceptors (Lipinski definition) is 6. The first-order valence-corrected chi connectivity index (χ1v) is 10.2. The first-order chi connectivity index (χ1) is 13.0. The standard InChI is InChI=1S/C19H25N5O2S/c1-19(2)10-14-13(12-20-17(21-14)24-5-7-26-8-6-24)15(11-19)22-18(25)23-16-4-3-9-27-16/h3-4,9,12,15H,5-8,10-11H2,1-2H3,(H2,22,23,25). The average molecular weight is 388 g/mol. The maximum absolute atomic E-state index is 12.4. The van der Waals surface area contributed by atoms with Crippen LogP contribution in [0.15, 0.2) is 23.7 Å². The summed E-state index contributed by atoms with van der Waals surface area (Å²) >= 11 is 1.50. The second-order valence-electron chi connectivity index (χ2n) is 7.84. The lowest BCUT2D eigenvalue weighted by atomic mass is 9.74. The molecule has 2 aliphatic rings. The molecule has 1 fully saturated rings. The zero-order chi connectivity index (χ0) is 18.9. The Labute approximate surface area is 163 Å². The van der Waals surface area contributed by atoms with Crippen molar-refractivity contribution in [3.63, 3.8) is 0 Å². The largest absolute Gasteiger partial charge is 0.378 e. The van der Waals surface area contributed by atoms with Gasteiger partial charge in [0.15, 0.2) is 0 Å². The van der Waals surface area contributed by atoms with Crippen molar-refractivity contribution in [1.82, 2.24) is 15.3 Å². The lowest BCUT2D eigenvalue weighted by molar-refractivity contribution is 0.122. The third kappa shape index (κ3) is 4.22. The first-order valence-electron chi connectivity index (χ1n) is 9.30. The Kier molecular flexibility index (Phi) is 5.01. The van der Waals surface area contributed by atoms with Gasteiger partial charge in [0.25, 0.3) is 0 Å². The monoisotopic (exact) mass is 387 g/mol. The van der Waals surface area contributed by atoms with Crippen LogP contribution < -0.4 is 15.5 Å². The molecule has 2 amide bonds. The third-order valence-electron chi connectivity index (χ3n) is 5.02. The van der Waals surface area contributed by atoms with E-state index < -0.39 is 0 Å². The van der Waals surface area contributed by atoms with E-state index in [0.29, 0.717) is 13.2 Å². The van der Waals surface area contributed by atoms with Gasteiger partial charge < -0.3 is 15.0 Å². The Morgan fingerprint density at radius 1 is 1.37 bits per heavy atom. The number of anilines is 2. The highest BCUT2D eigenvalue weighted by Gasteiger charge is 2.35. The Bertz CT molecular complexity index is 802. The van der Waals surface area contributed by atoms with Crippen molar-refractivity contribution >= 4 is 28.3 Å². The topological polar surface area (TPSA) is 79.4 Å². The number of morpholine rings is 1. The van der Waals surface area contributed by atoms with Gasteiger partial charge in [-0.2, -0.15) is 0 Å². The van der Waals surface area contributed by atoms with Gasteiger partial charge in [0.05, 0.1) is 30.0 Å². The molecule has 8 heteroatoms. The molecule has 1 aliphatic heterocycles. The predicted molar refractivity (Wildman–Crippen MR) is 106 cm³/mol. The van der Waals surface area contributed by atoms with Crippen LogP contribution in [0, 0.1) is 5.41 Å². The fourth-order valence-electron chi connectivity index (χ4n) is 3.74. The van der Waals surface area contributed by atoms with Gasteiger partial charge in [-0.3, -0.25) is 5.32 Å². The Morgan fingerprint density at radius 3 is 2.93 bits per heavy atom. The zero-order valence-corrected chi connectivity index (χ0v) is 16.5. The average Bonchev–Trinajstić information content (AvgIpc) is 3.14. The second kappa shape index (κ2) is 7.44. The fraction of sp³-hybridized carbons (Fsp3) is 0.526. The minimum atomic E-state index is -0.191. The van der Waals surface area contributed by atoms with E-state index in [1.807, 2.05) is 23.7 Å². The molecule has 1 unspecified atom stereocenters. The number of ether oxygens (including phenoxy) is 1. The number of hydrogen-bond donors (Lipinski definition) is 2. The number of carbonyl (C=O) groups excluding carboxylic acids is 1. The van der Waals surface area contributed by atoms with Crippen molar-refractivity contribution in [2.24, 2.45) is 5.41 Å². The fourth-order valence-corrected chi connectivity index (χ4v) is 4.35. The number of thiophene rings is 1. The van der Waals surface area contributed by atoms with Crippen molar-refractivity contribution in [2.75, 3.05) is 36.5 Å². The molecule has 7 nitrogen and oxygen atoms in total. The molecular formula is C19H25N5O2S. The predicted octanol–water partition coefficient (Wildman–Crippen LogP) is 3.21. The zero-order valence-electron chi connectivity index (χ0n) is 15.7. The van der Waals surface area contributed by atoms with E-state index >= 15 is 0 Å². The lowest BCUT2D eigenvalue weighted by Crippen LogP contribution is -2.40. The molecule has 0 spiro atoms. The SMILES string of the molecule is CC1(C)Cc2nc(N3CCOCC3)ncc2C(NC(=O)Nc2cccs2)C1. The molecule has 2 aromatic rings. The van der Waals surface area contributed by atoms with Crippen LogP contribution in [0.1, 0.15) is 37.6 Å². The summed E-state index contributed by atoms with van der Waals surface area (Å²) in [6.07, 6.45) is 3.63. The highest BCUT2D eigenvalue weighted by atomic mass is 32.1. The molecule has 2 N–H and O–H groups in total. The van der Waals surface area contributed by atoms with E-state index in [9.17, 15) is 4.79 Å². The smallest absolute Gasteiger partial charge is 0.320 e. The van der Waals surface area contributed by atoms with Crippen LogP contribution in [0.4, 0.5) is 15.7 Å². The van der Waals surface area contributed by atoms with Gasteiger partial charge in [0.1, 0.15) is 0 Å². The molecule has 4 rings (SSSR count). The van der Waals surface area contributed by atoms with Crippen molar-refractivity contribution in [3.8, 4) is 0 Å². The molecule has 1 atom stereocenters. The molecule has 0 radical (unpaired) electrons. The molecule has 0 saturated carbocycles. The normalized spacial score (nSPS) is 21.4. The Hall–Kier alpha value is -2.19. The van der Waals surface area contributed by atoms with Gasteiger partial charge in [0, 0.05) is 24.8 Å².